The van der Waals surface area contributed by atoms with E-state index < -0.39 is 15.9 Å². The smallest absolute Gasteiger partial charge is 0.253 e. The molecular weight excluding hydrogens is 422 g/mol. The van der Waals surface area contributed by atoms with Crippen LogP contribution in [0.1, 0.15) is 30.6 Å². The Morgan fingerprint density at radius 3 is 2.33 bits per heavy atom. The van der Waals surface area contributed by atoms with Crippen molar-refractivity contribution in [3.8, 4) is 0 Å². The highest BCUT2D eigenvalue weighted by atomic mass is 32.2. The molecular formula is C21H27N3O4S2. The SMILES string of the molecule is CC[C@@H](C)NC(=O)c1ccccc1NC(=O)CN(C)S(=O)(=O)c1ccc(SC)cc1. The molecule has 0 radical (unpaired) electrons. The van der Waals surface area contributed by atoms with Gasteiger partial charge in [-0.15, -0.1) is 11.8 Å². The number of likely N-dealkylation sites (N-methyl/N-ethyl adjacent to an activating group) is 1. The van der Waals surface area contributed by atoms with E-state index in [1.165, 1.54) is 30.9 Å². The zero-order valence-electron chi connectivity index (χ0n) is 17.5. The number of para-hydroxylation sites is 1. The number of anilines is 1. The van der Waals surface area contributed by atoms with Crippen molar-refractivity contribution in [3.05, 3.63) is 54.1 Å². The van der Waals surface area contributed by atoms with Crippen LogP contribution in [0.4, 0.5) is 5.69 Å². The molecule has 0 saturated carbocycles. The molecule has 0 aromatic heterocycles. The van der Waals surface area contributed by atoms with E-state index in [4.69, 9.17) is 0 Å². The molecule has 9 heteroatoms. The first-order valence-electron chi connectivity index (χ1n) is 9.49. The lowest BCUT2D eigenvalue weighted by Crippen LogP contribution is -2.36. The molecule has 0 heterocycles. The Morgan fingerprint density at radius 1 is 1.10 bits per heavy atom. The minimum Gasteiger partial charge on any atom is -0.350 e. The quantitative estimate of drug-likeness (QED) is 0.573. The molecule has 0 saturated heterocycles. The van der Waals surface area contributed by atoms with Gasteiger partial charge in [-0.3, -0.25) is 9.59 Å². The van der Waals surface area contributed by atoms with Crippen LogP contribution < -0.4 is 10.6 Å². The molecule has 2 aromatic carbocycles. The highest BCUT2D eigenvalue weighted by molar-refractivity contribution is 7.98. The van der Waals surface area contributed by atoms with Crippen LogP contribution in [0.3, 0.4) is 0 Å². The number of benzene rings is 2. The summed E-state index contributed by atoms with van der Waals surface area (Å²) in [5.74, 6) is -0.833. The largest absolute Gasteiger partial charge is 0.350 e. The Bertz CT molecular complexity index is 992. The molecule has 30 heavy (non-hydrogen) atoms. The third-order valence-electron chi connectivity index (χ3n) is 4.57. The van der Waals surface area contributed by atoms with Crippen molar-refractivity contribution in [3.63, 3.8) is 0 Å². The van der Waals surface area contributed by atoms with E-state index in [0.717, 1.165) is 15.6 Å². The monoisotopic (exact) mass is 449 g/mol. The molecule has 2 aromatic rings. The number of hydrogen-bond donors (Lipinski definition) is 2. The predicted molar refractivity (Wildman–Crippen MR) is 120 cm³/mol. The Balaban J connectivity index is 2.10. The number of amides is 2. The first-order chi connectivity index (χ1) is 14.2. The third kappa shape index (κ3) is 6.07. The first-order valence-corrected chi connectivity index (χ1v) is 12.2. The summed E-state index contributed by atoms with van der Waals surface area (Å²) in [5.41, 5.74) is 0.655. The highest BCUT2D eigenvalue weighted by Crippen LogP contribution is 2.20. The van der Waals surface area contributed by atoms with Crippen molar-refractivity contribution in [2.45, 2.75) is 36.1 Å². The summed E-state index contributed by atoms with van der Waals surface area (Å²) in [6.07, 6.45) is 2.68. The van der Waals surface area contributed by atoms with Gasteiger partial charge in [0.25, 0.3) is 5.91 Å². The zero-order chi connectivity index (χ0) is 22.3. The lowest BCUT2D eigenvalue weighted by molar-refractivity contribution is -0.116. The molecule has 2 amide bonds. The fraction of sp³-hybridized carbons (Fsp3) is 0.333. The molecule has 0 spiro atoms. The Hall–Kier alpha value is -2.36. The summed E-state index contributed by atoms with van der Waals surface area (Å²) in [7, 11) is -2.47. The standard InChI is InChI=1S/C21H27N3O4S2/c1-5-15(2)22-21(26)18-8-6-7-9-19(18)23-20(25)14-24(3)30(27,28)17-12-10-16(29-4)11-13-17/h6-13,15H,5,14H2,1-4H3,(H,22,26)(H,23,25)/t15-/m1/s1. The van der Waals surface area contributed by atoms with Gasteiger partial charge in [0.1, 0.15) is 0 Å². The lowest BCUT2D eigenvalue weighted by Gasteiger charge is -2.18. The van der Waals surface area contributed by atoms with Crippen LogP contribution in [-0.4, -0.2) is 50.4 Å². The topological polar surface area (TPSA) is 95.6 Å². The summed E-state index contributed by atoms with van der Waals surface area (Å²) in [6, 6.07) is 13.1. The van der Waals surface area contributed by atoms with Gasteiger partial charge in [0.05, 0.1) is 22.7 Å². The van der Waals surface area contributed by atoms with Gasteiger partial charge in [-0.25, -0.2) is 8.42 Å². The van der Waals surface area contributed by atoms with Crippen LogP contribution in [0.5, 0.6) is 0 Å². The number of thioether (sulfide) groups is 1. The van der Waals surface area contributed by atoms with Gasteiger partial charge in [0, 0.05) is 18.0 Å². The summed E-state index contributed by atoms with van der Waals surface area (Å²) < 4.78 is 26.4. The third-order valence-corrected chi connectivity index (χ3v) is 7.13. The summed E-state index contributed by atoms with van der Waals surface area (Å²) in [6.45, 7) is 3.47. The molecule has 162 valence electrons. The Kier molecular flexibility index (Phi) is 8.45. The molecule has 0 aliphatic rings. The van der Waals surface area contributed by atoms with Crippen molar-refractivity contribution < 1.29 is 18.0 Å². The van der Waals surface area contributed by atoms with E-state index in [0.29, 0.717) is 11.3 Å². The first kappa shape index (κ1) is 23.9. The van der Waals surface area contributed by atoms with Crippen LogP contribution in [0.25, 0.3) is 0 Å². The average Bonchev–Trinajstić information content (AvgIpc) is 2.73. The maximum atomic E-state index is 12.7. The van der Waals surface area contributed by atoms with Gasteiger partial charge in [-0.1, -0.05) is 19.1 Å². The Labute approximate surface area is 182 Å². The van der Waals surface area contributed by atoms with E-state index >= 15 is 0 Å². The molecule has 2 rings (SSSR count). The van der Waals surface area contributed by atoms with Crippen LogP contribution in [0.15, 0.2) is 58.3 Å². The minimum absolute atomic E-state index is 0.00460. The molecule has 1 atom stereocenters. The second-order valence-corrected chi connectivity index (χ2v) is 9.74. The molecule has 0 aliphatic heterocycles. The van der Waals surface area contributed by atoms with Gasteiger partial charge in [0.2, 0.25) is 15.9 Å². The number of hydrogen-bond acceptors (Lipinski definition) is 5. The number of nitrogens with one attached hydrogen (secondary N) is 2. The van der Waals surface area contributed by atoms with E-state index in [1.807, 2.05) is 20.1 Å². The number of carbonyl (C=O) groups is 2. The second kappa shape index (κ2) is 10.6. The Morgan fingerprint density at radius 2 is 1.73 bits per heavy atom. The summed E-state index contributed by atoms with van der Waals surface area (Å²) in [4.78, 5) is 26.0. The zero-order valence-corrected chi connectivity index (χ0v) is 19.1. The number of nitrogens with zero attached hydrogens (tertiary/aromatic N) is 1. The van der Waals surface area contributed by atoms with Crippen molar-refractivity contribution in [2.24, 2.45) is 0 Å². The maximum Gasteiger partial charge on any atom is 0.253 e. The summed E-state index contributed by atoms with van der Waals surface area (Å²) >= 11 is 1.51. The van der Waals surface area contributed by atoms with E-state index in [9.17, 15) is 18.0 Å². The molecule has 0 unspecified atom stereocenters. The molecule has 0 fully saturated rings. The van der Waals surface area contributed by atoms with Gasteiger partial charge in [-0.2, -0.15) is 4.31 Å². The average molecular weight is 450 g/mol. The van der Waals surface area contributed by atoms with Crippen molar-refractivity contribution in [1.82, 2.24) is 9.62 Å². The van der Waals surface area contributed by atoms with Gasteiger partial charge < -0.3 is 10.6 Å². The van der Waals surface area contributed by atoms with Crippen molar-refractivity contribution in [2.75, 3.05) is 25.2 Å². The molecule has 7 nitrogen and oxygen atoms in total. The van der Waals surface area contributed by atoms with Crippen LogP contribution in [0.2, 0.25) is 0 Å². The van der Waals surface area contributed by atoms with Crippen LogP contribution in [-0.2, 0) is 14.8 Å². The molecule has 2 N–H and O–H groups in total. The van der Waals surface area contributed by atoms with Gasteiger partial charge in [-0.05, 0) is 56.0 Å². The number of rotatable bonds is 9. The van der Waals surface area contributed by atoms with Crippen LogP contribution >= 0.6 is 11.8 Å². The lowest BCUT2D eigenvalue weighted by atomic mass is 10.1. The van der Waals surface area contributed by atoms with Crippen molar-refractivity contribution in [1.29, 1.82) is 0 Å². The number of sulfonamides is 1. The van der Waals surface area contributed by atoms with Gasteiger partial charge in [0.15, 0.2) is 0 Å². The minimum atomic E-state index is -3.81. The van der Waals surface area contributed by atoms with Crippen molar-refractivity contribution >= 4 is 39.3 Å². The van der Waals surface area contributed by atoms with Crippen LogP contribution in [0, 0.1) is 0 Å². The second-order valence-electron chi connectivity index (χ2n) is 6.81. The van der Waals surface area contributed by atoms with Gasteiger partial charge >= 0.3 is 0 Å². The maximum absolute atomic E-state index is 12.7. The number of carbonyl (C=O) groups excluding carboxylic acids is 2. The molecule has 0 aliphatic carbocycles. The van der Waals surface area contributed by atoms with E-state index in [2.05, 4.69) is 10.6 Å². The fourth-order valence-corrected chi connectivity index (χ4v) is 4.13. The fourth-order valence-electron chi connectivity index (χ4n) is 2.60. The van der Waals surface area contributed by atoms with E-state index in [1.54, 1.807) is 36.4 Å². The normalized spacial score (nSPS) is 12.4. The molecule has 0 bridgehead atoms. The highest BCUT2D eigenvalue weighted by Gasteiger charge is 2.23. The predicted octanol–water partition coefficient (Wildman–Crippen LogP) is 3.20. The summed E-state index contributed by atoms with van der Waals surface area (Å²) in [5, 5.41) is 5.50. The van der Waals surface area contributed by atoms with E-state index in [-0.39, 0.29) is 23.4 Å².